The predicted octanol–water partition coefficient (Wildman–Crippen LogP) is 3.78. The molecule has 0 atom stereocenters. The van der Waals surface area contributed by atoms with Crippen molar-refractivity contribution in [1.29, 1.82) is 0 Å². The highest BCUT2D eigenvalue weighted by molar-refractivity contribution is 7.19. The van der Waals surface area contributed by atoms with Gasteiger partial charge in [-0.3, -0.25) is 0 Å². The molecule has 0 saturated heterocycles. The maximum atomic E-state index is 11.5. The lowest BCUT2D eigenvalue weighted by Crippen LogP contribution is -1.98. The van der Waals surface area contributed by atoms with Crippen molar-refractivity contribution in [3.05, 3.63) is 44.3 Å². The standard InChI is InChI=1S/C13H9ClN2O2S2/c1-18-13(17)11-12(14)16-10(20-11)6-9-15-7-4-2-3-5-8(7)19-9/h2-5H,6H2,1H3. The number of para-hydroxylation sites is 1. The van der Waals surface area contributed by atoms with Crippen LogP contribution in [-0.4, -0.2) is 23.0 Å². The minimum absolute atomic E-state index is 0.193. The second kappa shape index (κ2) is 5.47. The van der Waals surface area contributed by atoms with E-state index < -0.39 is 5.97 Å². The van der Waals surface area contributed by atoms with E-state index in [-0.39, 0.29) is 5.15 Å². The normalized spacial score (nSPS) is 10.9. The first-order chi connectivity index (χ1) is 9.67. The van der Waals surface area contributed by atoms with E-state index in [2.05, 4.69) is 14.7 Å². The lowest BCUT2D eigenvalue weighted by atomic mass is 10.3. The van der Waals surface area contributed by atoms with Crippen LogP contribution < -0.4 is 0 Å². The third-order valence-corrected chi connectivity index (χ3v) is 5.10. The molecule has 0 aliphatic rings. The van der Waals surface area contributed by atoms with Crippen molar-refractivity contribution in [3.63, 3.8) is 0 Å². The molecule has 0 aliphatic heterocycles. The molecule has 3 aromatic rings. The molecule has 0 saturated carbocycles. The average Bonchev–Trinajstić information content (AvgIpc) is 3.01. The molecule has 4 nitrogen and oxygen atoms in total. The molecule has 0 bridgehead atoms. The quantitative estimate of drug-likeness (QED) is 0.688. The van der Waals surface area contributed by atoms with Crippen molar-refractivity contribution < 1.29 is 9.53 Å². The number of fused-ring (bicyclic) bond motifs is 1. The van der Waals surface area contributed by atoms with Crippen molar-refractivity contribution in [1.82, 2.24) is 9.97 Å². The van der Waals surface area contributed by atoms with Crippen LogP contribution in [0.3, 0.4) is 0 Å². The Morgan fingerprint density at radius 1 is 1.25 bits per heavy atom. The Balaban J connectivity index is 1.89. The molecular weight excluding hydrogens is 316 g/mol. The van der Waals surface area contributed by atoms with Crippen LogP contribution in [0.5, 0.6) is 0 Å². The Morgan fingerprint density at radius 3 is 2.75 bits per heavy atom. The van der Waals surface area contributed by atoms with Gasteiger partial charge in [0.25, 0.3) is 0 Å². The number of hydrogen-bond acceptors (Lipinski definition) is 6. The zero-order valence-corrected chi connectivity index (χ0v) is 12.8. The number of hydrogen-bond donors (Lipinski definition) is 0. The highest BCUT2D eigenvalue weighted by atomic mass is 35.5. The van der Waals surface area contributed by atoms with Gasteiger partial charge in [0, 0.05) is 0 Å². The number of methoxy groups -OCH3 is 1. The summed E-state index contributed by atoms with van der Waals surface area (Å²) >= 11 is 8.81. The lowest BCUT2D eigenvalue weighted by Gasteiger charge is -1.92. The van der Waals surface area contributed by atoms with E-state index in [1.807, 2.05) is 24.3 Å². The molecule has 0 fully saturated rings. The SMILES string of the molecule is COC(=O)c1sc(Cc2nc3ccccc3s2)nc1Cl. The first kappa shape index (κ1) is 13.5. The van der Waals surface area contributed by atoms with Gasteiger partial charge in [0.05, 0.1) is 23.7 Å². The van der Waals surface area contributed by atoms with Crippen molar-refractivity contribution >= 4 is 50.5 Å². The van der Waals surface area contributed by atoms with Crippen LogP contribution in [0, 0.1) is 0 Å². The Bertz CT molecular complexity index is 749. The first-order valence-corrected chi connectivity index (χ1v) is 7.76. The van der Waals surface area contributed by atoms with Crippen LogP contribution in [0.1, 0.15) is 19.7 Å². The topological polar surface area (TPSA) is 52.1 Å². The number of carbonyl (C=O) groups is 1. The number of ether oxygens (including phenoxy) is 1. The van der Waals surface area contributed by atoms with E-state index in [0.29, 0.717) is 11.3 Å². The molecular formula is C13H9ClN2O2S2. The van der Waals surface area contributed by atoms with Gasteiger partial charge in [0.1, 0.15) is 10.0 Å². The van der Waals surface area contributed by atoms with Crippen LogP contribution >= 0.6 is 34.3 Å². The molecule has 0 N–H and O–H groups in total. The third kappa shape index (κ3) is 2.54. The van der Waals surface area contributed by atoms with E-state index in [1.165, 1.54) is 18.4 Å². The molecule has 0 amide bonds. The fourth-order valence-corrected chi connectivity index (χ4v) is 4.05. The number of aromatic nitrogens is 2. The summed E-state index contributed by atoms with van der Waals surface area (Å²) in [5, 5.41) is 1.90. The van der Waals surface area contributed by atoms with Crippen molar-refractivity contribution in [3.8, 4) is 0 Å². The first-order valence-electron chi connectivity index (χ1n) is 5.75. The molecule has 3 rings (SSSR count). The maximum absolute atomic E-state index is 11.5. The van der Waals surface area contributed by atoms with Crippen LogP contribution in [-0.2, 0) is 11.2 Å². The average molecular weight is 325 g/mol. The van der Waals surface area contributed by atoms with Gasteiger partial charge in [-0.25, -0.2) is 14.8 Å². The number of thiazole rings is 2. The molecule has 0 aliphatic carbocycles. The highest BCUT2D eigenvalue weighted by Crippen LogP contribution is 2.28. The Hall–Kier alpha value is -1.50. The van der Waals surface area contributed by atoms with Crippen molar-refractivity contribution in [2.75, 3.05) is 7.11 Å². The molecule has 7 heteroatoms. The lowest BCUT2D eigenvalue weighted by molar-refractivity contribution is 0.0606. The number of benzene rings is 1. The van der Waals surface area contributed by atoms with E-state index in [1.54, 1.807) is 11.3 Å². The van der Waals surface area contributed by atoms with Gasteiger partial charge >= 0.3 is 5.97 Å². The molecule has 2 aromatic heterocycles. The second-order valence-electron chi connectivity index (χ2n) is 3.97. The van der Waals surface area contributed by atoms with Crippen LogP contribution in [0.15, 0.2) is 24.3 Å². The Labute approximate surface area is 128 Å². The van der Waals surface area contributed by atoms with E-state index >= 15 is 0 Å². The largest absolute Gasteiger partial charge is 0.465 e. The molecule has 0 spiro atoms. The molecule has 0 unspecified atom stereocenters. The summed E-state index contributed by atoms with van der Waals surface area (Å²) < 4.78 is 5.80. The predicted molar refractivity (Wildman–Crippen MR) is 80.9 cm³/mol. The summed E-state index contributed by atoms with van der Waals surface area (Å²) in [5.41, 5.74) is 0.975. The van der Waals surface area contributed by atoms with Gasteiger partial charge in [-0.05, 0) is 12.1 Å². The summed E-state index contributed by atoms with van der Waals surface area (Å²) in [6.07, 6.45) is 0.570. The van der Waals surface area contributed by atoms with Gasteiger partial charge in [0.2, 0.25) is 0 Å². The van der Waals surface area contributed by atoms with Crippen LogP contribution in [0.4, 0.5) is 0 Å². The van der Waals surface area contributed by atoms with Crippen LogP contribution in [0.25, 0.3) is 10.2 Å². The van der Waals surface area contributed by atoms with Crippen LogP contribution in [0.2, 0.25) is 5.15 Å². The summed E-state index contributed by atoms with van der Waals surface area (Å²) in [4.78, 5) is 20.6. The zero-order valence-electron chi connectivity index (χ0n) is 10.4. The van der Waals surface area contributed by atoms with Gasteiger partial charge in [-0.15, -0.1) is 22.7 Å². The maximum Gasteiger partial charge on any atom is 0.351 e. The second-order valence-corrected chi connectivity index (χ2v) is 6.53. The van der Waals surface area contributed by atoms with E-state index in [0.717, 1.165) is 20.2 Å². The number of carbonyl (C=O) groups excluding carboxylic acids is 1. The minimum atomic E-state index is -0.456. The number of halogens is 1. The summed E-state index contributed by atoms with van der Waals surface area (Å²) in [5.74, 6) is -0.456. The minimum Gasteiger partial charge on any atom is -0.465 e. The molecule has 2 heterocycles. The molecule has 20 heavy (non-hydrogen) atoms. The smallest absolute Gasteiger partial charge is 0.351 e. The summed E-state index contributed by atoms with van der Waals surface area (Å²) in [7, 11) is 1.33. The molecule has 0 radical (unpaired) electrons. The number of esters is 1. The Kier molecular flexibility index (Phi) is 3.69. The van der Waals surface area contributed by atoms with E-state index in [9.17, 15) is 4.79 Å². The van der Waals surface area contributed by atoms with E-state index in [4.69, 9.17) is 11.6 Å². The van der Waals surface area contributed by atoms with Gasteiger partial charge in [0.15, 0.2) is 10.0 Å². The van der Waals surface area contributed by atoms with Crippen molar-refractivity contribution in [2.24, 2.45) is 0 Å². The fraction of sp³-hybridized carbons (Fsp3) is 0.154. The molecule has 1 aromatic carbocycles. The number of rotatable bonds is 3. The van der Waals surface area contributed by atoms with Crippen molar-refractivity contribution in [2.45, 2.75) is 6.42 Å². The fourth-order valence-electron chi connectivity index (χ4n) is 1.76. The van der Waals surface area contributed by atoms with Gasteiger partial charge in [-0.2, -0.15) is 0 Å². The zero-order chi connectivity index (χ0) is 14.1. The highest BCUT2D eigenvalue weighted by Gasteiger charge is 2.18. The summed E-state index contributed by atoms with van der Waals surface area (Å²) in [6, 6.07) is 7.95. The Morgan fingerprint density at radius 2 is 2.00 bits per heavy atom. The third-order valence-electron chi connectivity index (χ3n) is 2.64. The number of nitrogens with zero attached hydrogens (tertiary/aromatic N) is 2. The summed E-state index contributed by atoms with van der Waals surface area (Å²) in [6.45, 7) is 0. The van der Waals surface area contributed by atoms with Gasteiger partial charge < -0.3 is 4.74 Å². The van der Waals surface area contributed by atoms with Gasteiger partial charge in [-0.1, -0.05) is 23.7 Å². The monoisotopic (exact) mass is 324 g/mol. The molecule has 102 valence electrons.